The summed E-state index contributed by atoms with van der Waals surface area (Å²) in [4.78, 5) is 26.2. The van der Waals surface area contributed by atoms with Crippen LogP contribution in [0.3, 0.4) is 0 Å². The topological polar surface area (TPSA) is 67.9 Å². The lowest BCUT2D eigenvalue weighted by Gasteiger charge is -2.37. The number of allylic oxidation sites excluding steroid dienone is 1. The minimum atomic E-state index is -0.787. The van der Waals surface area contributed by atoms with Crippen molar-refractivity contribution in [2.75, 3.05) is 13.2 Å². The fourth-order valence-electron chi connectivity index (χ4n) is 2.59. The van der Waals surface area contributed by atoms with Gasteiger partial charge in [-0.25, -0.2) is 14.5 Å². The monoisotopic (exact) mass is 382 g/mol. The summed E-state index contributed by atoms with van der Waals surface area (Å²) in [7, 11) is 0. The van der Waals surface area contributed by atoms with Crippen molar-refractivity contribution in [1.82, 2.24) is 10.2 Å². The standard InChI is InChI=1S/C17H19ClN2O4S/c1-4-23-15(21)13-10(3)19-16(25)20(17(22)24-5-2)14(13)11-7-6-8-12(18)9-11/h6-9,14H,4-5H2,1-3H3,(H,19,25). The maximum atomic E-state index is 12.5. The Morgan fingerprint density at radius 2 is 1.96 bits per heavy atom. The van der Waals surface area contributed by atoms with E-state index in [4.69, 9.17) is 33.3 Å². The van der Waals surface area contributed by atoms with Crippen LogP contribution in [0.5, 0.6) is 0 Å². The SMILES string of the molecule is CCOC(=O)C1=C(C)NC(=S)N(C(=O)OCC)C1c1cccc(Cl)c1. The van der Waals surface area contributed by atoms with Gasteiger partial charge in [0.15, 0.2) is 5.11 Å². The van der Waals surface area contributed by atoms with Crippen LogP contribution in [-0.2, 0) is 14.3 Å². The first-order valence-electron chi connectivity index (χ1n) is 7.81. The van der Waals surface area contributed by atoms with E-state index < -0.39 is 18.1 Å². The molecule has 1 aliphatic rings. The van der Waals surface area contributed by atoms with E-state index in [0.717, 1.165) is 0 Å². The highest BCUT2D eigenvalue weighted by Crippen LogP contribution is 2.35. The molecule has 1 aliphatic heterocycles. The van der Waals surface area contributed by atoms with Gasteiger partial charge in [0.1, 0.15) is 6.04 Å². The quantitative estimate of drug-likeness (QED) is 0.634. The van der Waals surface area contributed by atoms with E-state index in [1.54, 1.807) is 45.0 Å². The van der Waals surface area contributed by atoms with Crippen LogP contribution < -0.4 is 5.32 Å². The van der Waals surface area contributed by atoms with Crippen molar-refractivity contribution in [3.05, 3.63) is 46.1 Å². The van der Waals surface area contributed by atoms with Gasteiger partial charge in [-0.1, -0.05) is 23.7 Å². The molecule has 1 heterocycles. The molecule has 6 nitrogen and oxygen atoms in total. The molecule has 1 atom stereocenters. The summed E-state index contributed by atoms with van der Waals surface area (Å²) >= 11 is 11.4. The molecule has 0 aliphatic carbocycles. The van der Waals surface area contributed by atoms with Crippen molar-refractivity contribution in [2.45, 2.75) is 26.8 Å². The van der Waals surface area contributed by atoms with Gasteiger partial charge in [0, 0.05) is 10.7 Å². The number of halogens is 1. The zero-order valence-electron chi connectivity index (χ0n) is 14.2. The zero-order valence-corrected chi connectivity index (χ0v) is 15.7. The van der Waals surface area contributed by atoms with Crippen LogP contribution in [-0.4, -0.2) is 35.3 Å². The molecule has 0 bridgehead atoms. The third kappa shape index (κ3) is 4.11. The molecule has 0 fully saturated rings. The van der Waals surface area contributed by atoms with Crippen LogP contribution >= 0.6 is 23.8 Å². The van der Waals surface area contributed by atoms with Crippen LogP contribution in [0.2, 0.25) is 5.02 Å². The Kier molecular flexibility index (Phi) is 6.39. The van der Waals surface area contributed by atoms with Crippen molar-refractivity contribution in [2.24, 2.45) is 0 Å². The first kappa shape index (κ1) is 19.2. The number of thiocarbonyl (C=S) groups is 1. The lowest BCUT2D eigenvalue weighted by Crippen LogP contribution is -2.51. The van der Waals surface area contributed by atoms with Gasteiger partial charge < -0.3 is 14.8 Å². The predicted molar refractivity (Wildman–Crippen MR) is 98.1 cm³/mol. The molecule has 8 heteroatoms. The largest absolute Gasteiger partial charge is 0.463 e. The first-order valence-corrected chi connectivity index (χ1v) is 8.59. The van der Waals surface area contributed by atoms with Crippen LogP contribution in [0.25, 0.3) is 0 Å². The molecule has 1 amide bonds. The van der Waals surface area contributed by atoms with Gasteiger partial charge in [-0.3, -0.25) is 0 Å². The molecule has 1 aromatic rings. The number of benzene rings is 1. The summed E-state index contributed by atoms with van der Waals surface area (Å²) in [5.74, 6) is -0.533. The Hall–Kier alpha value is -2.12. The van der Waals surface area contributed by atoms with Crippen molar-refractivity contribution in [1.29, 1.82) is 0 Å². The molecule has 1 aromatic carbocycles. The second-order valence-electron chi connectivity index (χ2n) is 5.22. The highest BCUT2D eigenvalue weighted by molar-refractivity contribution is 7.80. The third-order valence-corrected chi connectivity index (χ3v) is 4.11. The molecule has 0 aromatic heterocycles. The minimum absolute atomic E-state index is 0.147. The summed E-state index contributed by atoms with van der Waals surface area (Å²) in [5, 5.41) is 3.50. The second-order valence-corrected chi connectivity index (χ2v) is 6.04. The first-order chi connectivity index (χ1) is 11.9. The van der Waals surface area contributed by atoms with E-state index >= 15 is 0 Å². The number of carbonyl (C=O) groups is 2. The van der Waals surface area contributed by atoms with Crippen LogP contribution in [0.4, 0.5) is 4.79 Å². The maximum Gasteiger partial charge on any atom is 0.416 e. The number of nitrogens with one attached hydrogen (secondary N) is 1. The Labute approximate surface area is 156 Å². The van der Waals surface area contributed by atoms with Gasteiger partial charge in [0.2, 0.25) is 0 Å². The average Bonchev–Trinajstić information content (AvgIpc) is 2.54. The third-order valence-electron chi connectivity index (χ3n) is 3.57. The van der Waals surface area contributed by atoms with E-state index in [0.29, 0.717) is 16.3 Å². The smallest absolute Gasteiger partial charge is 0.416 e. The summed E-state index contributed by atoms with van der Waals surface area (Å²) < 4.78 is 10.3. The highest BCUT2D eigenvalue weighted by atomic mass is 35.5. The van der Waals surface area contributed by atoms with Crippen molar-refractivity contribution in [3.63, 3.8) is 0 Å². The predicted octanol–water partition coefficient (Wildman–Crippen LogP) is 3.56. The lowest BCUT2D eigenvalue weighted by molar-refractivity contribution is -0.139. The van der Waals surface area contributed by atoms with E-state index in [9.17, 15) is 9.59 Å². The summed E-state index contributed by atoms with van der Waals surface area (Å²) in [5.41, 5.74) is 1.44. The van der Waals surface area contributed by atoms with Gasteiger partial charge in [-0.05, 0) is 50.7 Å². The van der Waals surface area contributed by atoms with E-state index in [1.165, 1.54) is 4.90 Å². The molecule has 25 heavy (non-hydrogen) atoms. The molecule has 0 radical (unpaired) electrons. The number of esters is 1. The molecule has 1 unspecified atom stereocenters. The average molecular weight is 383 g/mol. The number of hydrogen-bond donors (Lipinski definition) is 1. The molecular weight excluding hydrogens is 364 g/mol. The molecule has 0 saturated carbocycles. The van der Waals surface area contributed by atoms with Crippen molar-refractivity contribution in [3.8, 4) is 0 Å². The minimum Gasteiger partial charge on any atom is -0.463 e. The molecule has 2 rings (SSSR count). The Morgan fingerprint density at radius 3 is 2.56 bits per heavy atom. The van der Waals surface area contributed by atoms with E-state index in [2.05, 4.69) is 5.32 Å². The summed E-state index contributed by atoms with van der Waals surface area (Å²) in [6.45, 7) is 5.50. The molecule has 134 valence electrons. The van der Waals surface area contributed by atoms with Crippen LogP contribution in [0, 0.1) is 0 Å². The summed E-state index contributed by atoms with van der Waals surface area (Å²) in [6, 6.07) is 6.11. The maximum absolute atomic E-state index is 12.5. The van der Waals surface area contributed by atoms with E-state index in [1.807, 2.05) is 0 Å². The van der Waals surface area contributed by atoms with Crippen LogP contribution in [0.1, 0.15) is 32.4 Å². The second kappa shape index (κ2) is 8.31. The van der Waals surface area contributed by atoms with E-state index in [-0.39, 0.29) is 23.9 Å². The zero-order chi connectivity index (χ0) is 18.6. The highest BCUT2D eigenvalue weighted by Gasteiger charge is 2.41. The Balaban J connectivity index is 2.61. The Bertz CT molecular complexity index is 735. The lowest BCUT2D eigenvalue weighted by atomic mass is 9.94. The molecule has 1 N–H and O–H groups in total. The number of rotatable bonds is 4. The molecular formula is C17H19ClN2O4S. The fourth-order valence-corrected chi connectivity index (χ4v) is 3.12. The number of carbonyl (C=O) groups excluding carboxylic acids is 2. The number of nitrogens with zero attached hydrogens (tertiary/aromatic N) is 1. The van der Waals surface area contributed by atoms with Crippen LogP contribution in [0.15, 0.2) is 35.5 Å². The van der Waals surface area contributed by atoms with Gasteiger partial charge >= 0.3 is 12.1 Å². The van der Waals surface area contributed by atoms with Gasteiger partial charge in [-0.15, -0.1) is 0 Å². The number of amides is 1. The number of hydrogen-bond acceptors (Lipinski definition) is 5. The fraction of sp³-hybridized carbons (Fsp3) is 0.353. The number of ether oxygens (including phenoxy) is 2. The van der Waals surface area contributed by atoms with Crippen molar-refractivity contribution < 1.29 is 19.1 Å². The summed E-state index contributed by atoms with van der Waals surface area (Å²) in [6.07, 6.45) is -0.653. The normalized spacial score (nSPS) is 17.2. The molecule has 0 saturated heterocycles. The molecule has 0 spiro atoms. The Morgan fingerprint density at radius 1 is 1.28 bits per heavy atom. The van der Waals surface area contributed by atoms with Gasteiger partial charge in [-0.2, -0.15) is 0 Å². The van der Waals surface area contributed by atoms with Crippen molar-refractivity contribution >= 4 is 41.0 Å². The van der Waals surface area contributed by atoms with Gasteiger partial charge in [0.05, 0.1) is 18.8 Å². The van der Waals surface area contributed by atoms with Gasteiger partial charge in [0.25, 0.3) is 0 Å².